The number of benzene rings is 2. The van der Waals surface area contributed by atoms with Gasteiger partial charge in [0.2, 0.25) is 0 Å². The number of nitrogens with two attached hydrogens (primary N) is 1. The summed E-state index contributed by atoms with van der Waals surface area (Å²) in [5.74, 6) is -0.833. The van der Waals surface area contributed by atoms with Crippen LogP contribution in [0, 0.1) is 11.6 Å². The number of halogens is 2. The molecule has 0 saturated heterocycles. The van der Waals surface area contributed by atoms with Crippen LogP contribution in [0.15, 0.2) is 42.5 Å². The Morgan fingerprint density at radius 1 is 1.11 bits per heavy atom. The van der Waals surface area contributed by atoms with E-state index in [1.807, 2.05) is 19.1 Å². The van der Waals surface area contributed by atoms with E-state index in [0.29, 0.717) is 5.75 Å². The zero-order chi connectivity index (χ0) is 13.8. The van der Waals surface area contributed by atoms with Crippen LogP contribution in [0.4, 0.5) is 8.78 Å². The largest absolute Gasteiger partial charge is 0.454 e. The Kier molecular flexibility index (Phi) is 4.12. The summed E-state index contributed by atoms with van der Waals surface area (Å²) in [5.41, 5.74) is 6.87. The summed E-state index contributed by atoms with van der Waals surface area (Å²) in [6, 6.07) is 10.1. The second-order valence-electron chi connectivity index (χ2n) is 4.26. The molecule has 1 atom stereocenters. The molecule has 0 saturated carbocycles. The van der Waals surface area contributed by atoms with Gasteiger partial charge in [0, 0.05) is 12.1 Å². The summed E-state index contributed by atoms with van der Waals surface area (Å²) in [4.78, 5) is 0. The van der Waals surface area contributed by atoms with E-state index < -0.39 is 11.6 Å². The van der Waals surface area contributed by atoms with Crippen molar-refractivity contribution in [2.45, 2.75) is 19.4 Å². The van der Waals surface area contributed by atoms with Gasteiger partial charge in [-0.15, -0.1) is 0 Å². The molecule has 0 aliphatic carbocycles. The normalized spacial score (nSPS) is 12.2. The standard InChI is InChI=1S/C15H15F2NO/c1-2-14(18)10-3-6-12(7-4-10)19-15-9-11(16)5-8-13(15)17/h3-9,14H,2,18H2,1H3. The first-order valence-electron chi connectivity index (χ1n) is 6.08. The Hall–Kier alpha value is -1.94. The number of hydrogen-bond acceptors (Lipinski definition) is 2. The van der Waals surface area contributed by atoms with Crippen molar-refractivity contribution in [3.8, 4) is 11.5 Å². The Balaban J connectivity index is 2.17. The summed E-state index contributed by atoms with van der Waals surface area (Å²) in [7, 11) is 0. The summed E-state index contributed by atoms with van der Waals surface area (Å²) < 4.78 is 31.7. The van der Waals surface area contributed by atoms with Crippen LogP contribution in [-0.4, -0.2) is 0 Å². The predicted molar refractivity (Wildman–Crippen MR) is 70.1 cm³/mol. The highest BCUT2D eigenvalue weighted by Crippen LogP contribution is 2.26. The number of hydrogen-bond donors (Lipinski definition) is 1. The molecule has 0 heterocycles. The lowest BCUT2D eigenvalue weighted by Crippen LogP contribution is -2.08. The molecule has 0 aliphatic rings. The fraction of sp³-hybridized carbons (Fsp3) is 0.200. The highest BCUT2D eigenvalue weighted by atomic mass is 19.1. The van der Waals surface area contributed by atoms with Crippen LogP contribution in [0.1, 0.15) is 24.9 Å². The van der Waals surface area contributed by atoms with Gasteiger partial charge >= 0.3 is 0 Å². The van der Waals surface area contributed by atoms with Crippen molar-refractivity contribution < 1.29 is 13.5 Å². The lowest BCUT2D eigenvalue weighted by molar-refractivity contribution is 0.436. The molecule has 2 aromatic rings. The summed E-state index contributed by atoms with van der Waals surface area (Å²) in [5, 5.41) is 0. The second kappa shape index (κ2) is 5.80. The third-order valence-electron chi connectivity index (χ3n) is 2.87. The minimum Gasteiger partial charge on any atom is -0.454 e. The fourth-order valence-corrected chi connectivity index (χ4v) is 1.70. The van der Waals surface area contributed by atoms with Crippen LogP contribution in [0.3, 0.4) is 0 Å². The highest BCUT2D eigenvalue weighted by molar-refractivity contribution is 5.34. The Labute approximate surface area is 110 Å². The van der Waals surface area contributed by atoms with Gasteiger partial charge in [-0.3, -0.25) is 0 Å². The summed E-state index contributed by atoms with van der Waals surface area (Å²) in [6.45, 7) is 2.00. The maximum Gasteiger partial charge on any atom is 0.165 e. The van der Waals surface area contributed by atoms with E-state index in [-0.39, 0.29) is 11.8 Å². The summed E-state index contributed by atoms with van der Waals surface area (Å²) >= 11 is 0. The molecule has 2 rings (SSSR count). The molecule has 0 radical (unpaired) electrons. The van der Waals surface area contributed by atoms with Crippen LogP contribution < -0.4 is 10.5 Å². The van der Waals surface area contributed by atoms with E-state index >= 15 is 0 Å². The molecule has 0 fully saturated rings. The molecular formula is C15H15F2NO. The van der Waals surface area contributed by atoms with Gasteiger partial charge in [-0.1, -0.05) is 19.1 Å². The van der Waals surface area contributed by atoms with Gasteiger partial charge in [-0.2, -0.15) is 0 Å². The van der Waals surface area contributed by atoms with Gasteiger partial charge < -0.3 is 10.5 Å². The molecule has 0 spiro atoms. The molecule has 19 heavy (non-hydrogen) atoms. The van der Waals surface area contributed by atoms with Crippen molar-refractivity contribution in [1.82, 2.24) is 0 Å². The van der Waals surface area contributed by atoms with Crippen molar-refractivity contribution in [1.29, 1.82) is 0 Å². The first-order chi connectivity index (χ1) is 9.10. The van der Waals surface area contributed by atoms with Gasteiger partial charge in [-0.05, 0) is 36.2 Å². The summed E-state index contributed by atoms with van der Waals surface area (Å²) in [6.07, 6.45) is 0.832. The minimum atomic E-state index is -0.601. The van der Waals surface area contributed by atoms with Crippen LogP contribution in [0.25, 0.3) is 0 Å². The molecule has 100 valence electrons. The molecule has 1 unspecified atom stereocenters. The molecule has 0 aromatic heterocycles. The highest BCUT2D eigenvalue weighted by Gasteiger charge is 2.07. The van der Waals surface area contributed by atoms with E-state index in [4.69, 9.17) is 10.5 Å². The van der Waals surface area contributed by atoms with Crippen molar-refractivity contribution >= 4 is 0 Å². The smallest absolute Gasteiger partial charge is 0.165 e. The SMILES string of the molecule is CCC(N)c1ccc(Oc2cc(F)ccc2F)cc1. The first kappa shape index (κ1) is 13.5. The van der Waals surface area contributed by atoms with Crippen molar-refractivity contribution in [3.05, 3.63) is 59.7 Å². The topological polar surface area (TPSA) is 35.2 Å². The monoisotopic (exact) mass is 263 g/mol. The van der Waals surface area contributed by atoms with Gasteiger partial charge in [0.15, 0.2) is 11.6 Å². The average Bonchev–Trinajstić information content (AvgIpc) is 2.43. The molecule has 2 nitrogen and oxygen atoms in total. The lowest BCUT2D eigenvalue weighted by atomic mass is 10.1. The lowest BCUT2D eigenvalue weighted by Gasteiger charge is -2.11. The maximum atomic E-state index is 13.4. The maximum absolute atomic E-state index is 13.4. The Morgan fingerprint density at radius 3 is 2.42 bits per heavy atom. The number of ether oxygens (including phenoxy) is 1. The van der Waals surface area contributed by atoms with Gasteiger partial charge in [0.25, 0.3) is 0 Å². The van der Waals surface area contributed by atoms with Gasteiger partial charge in [0.1, 0.15) is 11.6 Å². The quantitative estimate of drug-likeness (QED) is 0.898. The van der Waals surface area contributed by atoms with Gasteiger partial charge in [-0.25, -0.2) is 8.78 Å². The van der Waals surface area contributed by atoms with E-state index in [0.717, 1.165) is 30.2 Å². The van der Waals surface area contributed by atoms with Crippen LogP contribution in [0.2, 0.25) is 0 Å². The average molecular weight is 263 g/mol. The van der Waals surface area contributed by atoms with E-state index in [1.165, 1.54) is 0 Å². The van der Waals surface area contributed by atoms with E-state index in [2.05, 4.69) is 0 Å². The zero-order valence-corrected chi connectivity index (χ0v) is 10.6. The minimum absolute atomic E-state index is 0.0278. The molecule has 0 aliphatic heterocycles. The number of rotatable bonds is 4. The van der Waals surface area contributed by atoms with Crippen molar-refractivity contribution in [2.24, 2.45) is 5.73 Å². The van der Waals surface area contributed by atoms with Crippen LogP contribution in [-0.2, 0) is 0 Å². The molecule has 0 amide bonds. The second-order valence-corrected chi connectivity index (χ2v) is 4.26. The third kappa shape index (κ3) is 3.29. The third-order valence-corrected chi connectivity index (χ3v) is 2.87. The van der Waals surface area contributed by atoms with E-state index in [9.17, 15) is 8.78 Å². The van der Waals surface area contributed by atoms with Crippen molar-refractivity contribution in [3.63, 3.8) is 0 Å². The molecule has 0 bridgehead atoms. The zero-order valence-electron chi connectivity index (χ0n) is 10.6. The fourth-order valence-electron chi connectivity index (χ4n) is 1.70. The molecule has 4 heteroatoms. The van der Waals surface area contributed by atoms with Crippen LogP contribution >= 0.6 is 0 Å². The first-order valence-corrected chi connectivity index (χ1v) is 6.08. The van der Waals surface area contributed by atoms with Crippen molar-refractivity contribution in [2.75, 3.05) is 0 Å². The Bertz CT molecular complexity index is 555. The van der Waals surface area contributed by atoms with Crippen LogP contribution in [0.5, 0.6) is 11.5 Å². The Morgan fingerprint density at radius 2 is 1.79 bits per heavy atom. The van der Waals surface area contributed by atoms with E-state index in [1.54, 1.807) is 12.1 Å². The molecular weight excluding hydrogens is 248 g/mol. The molecule has 2 aromatic carbocycles. The molecule has 2 N–H and O–H groups in total. The predicted octanol–water partition coefficient (Wildman–Crippen LogP) is 4.17. The van der Waals surface area contributed by atoms with Gasteiger partial charge in [0.05, 0.1) is 0 Å².